The van der Waals surface area contributed by atoms with E-state index in [1.165, 1.54) is 11.9 Å². The number of nitrogens with zero attached hydrogens (tertiary/aromatic N) is 2. The molecule has 4 rings (SSSR count). The maximum atomic E-state index is 13.2. The van der Waals surface area contributed by atoms with Crippen LogP contribution in [0.25, 0.3) is 0 Å². The van der Waals surface area contributed by atoms with E-state index < -0.39 is 35.7 Å². The molecule has 3 aliphatic rings. The van der Waals surface area contributed by atoms with Crippen molar-refractivity contribution in [3.8, 4) is 5.75 Å². The summed E-state index contributed by atoms with van der Waals surface area (Å²) in [5.74, 6) is -3.11. The van der Waals surface area contributed by atoms with Crippen LogP contribution in [-0.4, -0.2) is 53.6 Å². The zero-order valence-electron chi connectivity index (χ0n) is 15.8. The Morgan fingerprint density at radius 2 is 1.68 bits per heavy atom. The second-order valence-electron chi connectivity index (χ2n) is 7.73. The van der Waals surface area contributed by atoms with Gasteiger partial charge in [-0.2, -0.15) is 0 Å². The molecule has 148 valence electrons. The van der Waals surface area contributed by atoms with Crippen LogP contribution < -0.4 is 10.5 Å². The van der Waals surface area contributed by atoms with E-state index in [-0.39, 0.29) is 17.7 Å². The highest BCUT2D eigenvalue weighted by Crippen LogP contribution is 2.51. The number of carbonyl (C=O) groups is 4. The predicted octanol–water partition coefficient (Wildman–Crippen LogP) is 0.464. The molecule has 0 radical (unpaired) electrons. The van der Waals surface area contributed by atoms with Crippen molar-refractivity contribution in [1.82, 2.24) is 9.80 Å². The van der Waals surface area contributed by atoms with Crippen molar-refractivity contribution in [1.29, 1.82) is 0 Å². The Morgan fingerprint density at radius 1 is 1.07 bits per heavy atom. The lowest BCUT2D eigenvalue weighted by molar-refractivity contribution is -0.149. The molecular weight excluding hydrogens is 362 g/mol. The highest BCUT2D eigenvalue weighted by molar-refractivity contribution is 6.09. The molecule has 1 aromatic rings. The summed E-state index contributed by atoms with van der Waals surface area (Å²) in [5, 5.41) is 0. The zero-order chi connectivity index (χ0) is 20.2. The van der Waals surface area contributed by atoms with Gasteiger partial charge in [0, 0.05) is 13.0 Å². The molecule has 8 heteroatoms. The number of imide groups is 1. The molecule has 2 heterocycles. The topological polar surface area (TPSA) is 110 Å². The van der Waals surface area contributed by atoms with Gasteiger partial charge in [-0.15, -0.1) is 0 Å². The number of hydrogen-bond acceptors (Lipinski definition) is 5. The molecule has 2 saturated heterocycles. The number of amides is 4. The average molecular weight is 385 g/mol. The minimum atomic E-state index is -1.12. The summed E-state index contributed by atoms with van der Waals surface area (Å²) in [7, 11) is 2.95. The molecule has 2 aliphatic heterocycles. The van der Waals surface area contributed by atoms with Crippen molar-refractivity contribution in [2.45, 2.75) is 31.3 Å². The third kappa shape index (κ3) is 2.51. The molecule has 4 unspecified atom stereocenters. The largest absolute Gasteiger partial charge is 0.497 e. The van der Waals surface area contributed by atoms with Gasteiger partial charge in [-0.1, -0.05) is 18.6 Å². The first-order chi connectivity index (χ1) is 13.4. The maximum absolute atomic E-state index is 13.2. The number of rotatable bonds is 4. The van der Waals surface area contributed by atoms with E-state index in [1.807, 2.05) is 0 Å². The molecule has 0 bridgehead atoms. The van der Waals surface area contributed by atoms with Gasteiger partial charge in [0.2, 0.25) is 23.6 Å². The number of primary amides is 1. The number of carbonyl (C=O) groups excluding carboxylic acids is 4. The molecule has 1 aliphatic carbocycles. The Morgan fingerprint density at radius 3 is 2.18 bits per heavy atom. The van der Waals surface area contributed by atoms with Crippen LogP contribution in [0.5, 0.6) is 5.75 Å². The van der Waals surface area contributed by atoms with Gasteiger partial charge in [-0.05, 0) is 30.5 Å². The van der Waals surface area contributed by atoms with E-state index in [0.717, 1.165) is 24.2 Å². The molecule has 1 aromatic carbocycles. The van der Waals surface area contributed by atoms with Crippen molar-refractivity contribution in [3.05, 3.63) is 29.8 Å². The second-order valence-corrected chi connectivity index (χ2v) is 7.73. The Balaban J connectivity index is 1.84. The van der Waals surface area contributed by atoms with E-state index in [0.29, 0.717) is 11.3 Å². The van der Waals surface area contributed by atoms with Crippen LogP contribution in [0.1, 0.15) is 30.9 Å². The van der Waals surface area contributed by atoms with Gasteiger partial charge in [-0.3, -0.25) is 24.1 Å². The summed E-state index contributed by atoms with van der Waals surface area (Å²) >= 11 is 0. The minimum absolute atomic E-state index is 0.190. The Labute approximate surface area is 162 Å². The SMILES string of the molecule is COc1ccc(C2C3C(=O)N(C)C(=O)C3C(C(N)=O)N2C(=O)C2CCC2)cc1. The Hall–Kier alpha value is -2.90. The fourth-order valence-electron chi connectivity index (χ4n) is 4.67. The maximum Gasteiger partial charge on any atom is 0.241 e. The van der Waals surface area contributed by atoms with Crippen LogP contribution >= 0.6 is 0 Å². The van der Waals surface area contributed by atoms with Crippen molar-refractivity contribution in [3.63, 3.8) is 0 Å². The molecule has 2 N–H and O–H groups in total. The van der Waals surface area contributed by atoms with E-state index >= 15 is 0 Å². The molecule has 4 atom stereocenters. The van der Waals surface area contributed by atoms with Crippen LogP contribution in [0.2, 0.25) is 0 Å². The summed E-state index contributed by atoms with van der Waals surface area (Å²) in [5.41, 5.74) is 6.33. The summed E-state index contributed by atoms with van der Waals surface area (Å²) in [6.45, 7) is 0. The predicted molar refractivity (Wildman–Crippen MR) is 97.7 cm³/mol. The first-order valence-corrected chi connectivity index (χ1v) is 9.43. The van der Waals surface area contributed by atoms with Crippen molar-refractivity contribution in [2.24, 2.45) is 23.5 Å². The fraction of sp³-hybridized carbons (Fsp3) is 0.500. The first kappa shape index (κ1) is 18.5. The van der Waals surface area contributed by atoms with E-state index in [4.69, 9.17) is 10.5 Å². The van der Waals surface area contributed by atoms with Gasteiger partial charge < -0.3 is 15.4 Å². The van der Waals surface area contributed by atoms with Gasteiger partial charge in [0.15, 0.2) is 0 Å². The number of fused-ring (bicyclic) bond motifs is 1. The molecule has 0 aromatic heterocycles. The van der Waals surface area contributed by atoms with Gasteiger partial charge >= 0.3 is 0 Å². The number of methoxy groups -OCH3 is 1. The lowest BCUT2D eigenvalue weighted by Crippen LogP contribution is -2.52. The van der Waals surface area contributed by atoms with E-state index in [2.05, 4.69) is 0 Å². The van der Waals surface area contributed by atoms with Crippen LogP contribution in [0.15, 0.2) is 24.3 Å². The number of nitrogens with two attached hydrogens (primary N) is 1. The van der Waals surface area contributed by atoms with Gasteiger partial charge in [-0.25, -0.2) is 0 Å². The molecule has 8 nitrogen and oxygen atoms in total. The highest BCUT2D eigenvalue weighted by Gasteiger charge is 2.64. The van der Waals surface area contributed by atoms with Crippen molar-refractivity contribution in [2.75, 3.05) is 14.2 Å². The van der Waals surface area contributed by atoms with Gasteiger partial charge in [0.1, 0.15) is 11.8 Å². The molecule has 4 amide bonds. The Bertz CT molecular complexity index is 848. The fourth-order valence-corrected chi connectivity index (χ4v) is 4.67. The monoisotopic (exact) mass is 385 g/mol. The molecule has 28 heavy (non-hydrogen) atoms. The summed E-state index contributed by atoms with van der Waals surface area (Å²) < 4.78 is 5.19. The van der Waals surface area contributed by atoms with E-state index in [1.54, 1.807) is 31.4 Å². The van der Waals surface area contributed by atoms with Crippen LogP contribution in [0, 0.1) is 17.8 Å². The molecule has 1 saturated carbocycles. The third-order valence-electron chi connectivity index (χ3n) is 6.36. The minimum Gasteiger partial charge on any atom is -0.497 e. The second kappa shape index (κ2) is 6.61. The van der Waals surface area contributed by atoms with E-state index in [9.17, 15) is 19.2 Å². The number of hydrogen-bond donors (Lipinski definition) is 1. The smallest absolute Gasteiger partial charge is 0.241 e. The highest BCUT2D eigenvalue weighted by atomic mass is 16.5. The van der Waals surface area contributed by atoms with Crippen molar-refractivity contribution >= 4 is 23.6 Å². The van der Waals surface area contributed by atoms with Crippen LogP contribution in [0.4, 0.5) is 0 Å². The first-order valence-electron chi connectivity index (χ1n) is 9.43. The van der Waals surface area contributed by atoms with Crippen LogP contribution in [-0.2, 0) is 19.2 Å². The van der Waals surface area contributed by atoms with Gasteiger partial charge in [0.05, 0.1) is 25.0 Å². The standard InChI is InChI=1S/C20H23N3O5/c1-22-19(26)13-14(20(22)27)16(17(21)24)23(18(25)11-4-3-5-11)15(13)10-6-8-12(28-2)9-7-10/h6-9,11,13-16H,3-5H2,1-2H3,(H2,21,24). The lowest BCUT2D eigenvalue weighted by Gasteiger charge is -2.37. The third-order valence-corrected chi connectivity index (χ3v) is 6.36. The summed E-state index contributed by atoms with van der Waals surface area (Å²) in [6.07, 6.45) is 2.44. The zero-order valence-corrected chi connectivity index (χ0v) is 15.8. The number of likely N-dealkylation sites (tertiary alicyclic amines) is 2. The molecular formula is C20H23N3O5. The average Bonchev–Trinajstić information content (AvgIpc) is 3.10. The van der Waals surface area contributed by atoms with Gasteiger partial charge in [0.25, 0.3) is 0 Å². The summed E-state index contributed by atoms with van der Waals surface area (Å²) in [6, 6.07) is 5.18. The number of benzene rings is 1. The quantitative estimate of drug-likeness (QED) is 0.758. The number of ether oxygens (including phenoxy) is 1. The van der Waals surface area contributed by atoms with Crippen molar-refractivity contribution < 1.29 is 23.9 Å². The summed E-state index contributed by atoms with van der Waals surface area (Å²) in [4.78, 5) is 53.7. The normalized spacial score (nSPS) is 29.6. The van der Waals surface area contributed by atoms with Crippen LogP contribution in [0.3, 0.4) is 0 Å². The molecule has 3 fully saturated rings. The lowest BCUT2D eigenvalue weighted by atomic mass is 9.83. The molecule has 0 spiro atoms. The Kier molecular flexibility index (Phi) is 4.36.